The lowest BCUT2D eigenvalue weighted by Crippen LogP contribution is -2.45. The fourth-order valence-electron chi connectivity index (χ4n) is 4.16. The number of carbonyl (C=O) groups is 1. The van der Waals surface area contributed by atoms with Crippen LogP contribution in [0.2, 0.25) is 0 Å². The van der Waals surface area contributed by atoms with Gasteiger partial charge in [0.2, 0.25) is 0 Å². The smallest absolute Gasteiger partial charge is 0.260 e. The Balaban J connectivity index is 1.66. The molecule has 1 fully saturated rings. The highest BCUT2D eigenvalue weighted by atomic mass is 16.2. The van der Waals surface area contributed by atoms with Crippen molar-refractivity contribution in [2.24, 2.45) is 0 Å². The lowest BCUT2D eigenvalue weighted by atomic mass is 10.0. The molecular weight excluding hydrogens is 324 g/mol. The summed E-state index contributed by atoms with van der Waals surface area (Å²) in [5.74, 6) is 1.44. The van der Waals surface area contributed by atoms with Gasteiger partial charge in [-0.1, -0.05) is 18.2 Å². The van der Waals surface area contributed by atoms with E-state index in [4.69, 9.17) is 4.98 Å². The third kappa shape index (κ3) is 2.34. The number of aromatic nitrogens is 3. The van der Waals surface area contributed by atoms with Crippen LogP contribution < -0.4 is 4.90 Å². The molecule has 1 aliphatic carbocycles. The summed E-state index contributed by atoms with van der Waals surface area (Å²) >= 11 is 0. The third-order valence-electron chi connectivity index (χ3n) is 5.62. The second-order valence-corrected chi connectivity index (χ2v) is 7.63. The van der Waals surface area contributed by atoms with Crippen LogP contribution in [0.1, 0.15) is 61.1 Å². The fraction of sp³-hybridized carbons (Fsp3) is 0.381. The second kappa shape index (κ2) is 5.66. The van der Waals surface area contributed by atoms with E-state index in [1.165, 1.54) is 12.8 Å². The normalized spacial score (nSPS) is 22.5. The molecule has 26 heavy (non-hydrogen) atoms. The summed E-state index contributed by atoms with van der Waals surface area (Å²) in [4.78, 5) is 20.4. The molecule has 0 bridgehead atoms. The first-order valence-electron chi connectivity index (χ1n) is 9.40. The van der Waals surface area contributed by atoms with E-state index >= 15 is 0 Å². The minimum Gasteiger partial charge on any atom is -0.290 e. The maximum Gasteiger partial charge on any atom is 0.260 e. The largest absolute Gasteiger partial charge is 0.290 e. The van der Waals surface area contributed by atoms with Crippen LogP contribution in [0.3, 0.4) is 0 Å². The number of hydrogen-bond acceptors (Lipinski definition) is 3. The number of rotatable bonds is 2. The van der Waals surface area contributed by atoms with E-state index in [1.807, 2.05) is 46.0 Å². The molecule has 3 heterocycles. The average molecular weight is 346 g/mol. The monoisotopic (exact) mass is 346 g/mol. The van der Waals surface area contributed by atoms with Gasteiger partial charge in [-0.25, -0.2) is 4.68 Å². The third-order valence-corrected chi connectivity index (χ3v) is 5.62. The van der Waals surface area contributed by atoms with Crippen molar-refractivity contribution in [3.63, 3.8) is 0 Å². The van der Waals surface area contributed by atoms with Gasteiger partial charge in [-0.15, -0.1) is 0 Å². The van der Waals surface area contributed by atoms with E-state index in [2.05, 4.69) is 18.9 Å². The number of para-hydroxylation sites is 1. The fourth-order valence-corrected chi connectivity index (χ4v) is 4.16. The van der Waals surface area contributed by atoms with Crippen LogP contribution >= 0.6 is 0 Å². The maximum atomic E-state index is 13.6. The van der Waals surface area contributed by atoms with Crippen LogP contribution in [0.4, 0.5) is 5.82 Å². The lowest BCUT2D eigenvalue weighted by molar-refractivity contribution is 0.0968. The van der Waals surface area contributed by atoms with Gasteiger partial charge < -0.3 is 0 Å². The van der Waals surface area contributed by atoms with Gasteiger partial charge in [0, 0.05) is 29.1 Å². The Morgan fingerprint density at radius 1 is 1.12 bits per heavy atom. The van der Waals surface area contributed by atoms with Crippen LogP contribution in [0.15, 0.2) is 42.6 Å². The molecule has 0 saturated heterocycles. The molecule has 1 aromatic carbocycles. The van der Waals surface area contributed by atoms with Crippen LogP contribution in [0.25, 0.3) is 10.9 Å². The Morgan fingerprint density at radius 3 is 2.73 bits per heavy atom. The Morgan fingerprint density at radius 2 is 1.92 bits per heavy atom. The lowest BCUT2D eigenvalue weighted by Gasteiger charge is -2.37. The number of nitrogens with zero attached hydrogens (tertiary/aromatic N) is 4. The van der Waals surface area contributed by atoms with E-state index in [0.717, 1.165) is 34.4 Å². The van der Waals surface area contributed by atoms with Crippen molar-refractivity contribution < 1.29 is 4.79 Å². The van der Waals surface area contributed by atoms with Crippen LogP contribution in [0, 0.1) is 0 Å². The molecule has 132 valence electrons. The molecule has 0 radical (unpaired) electrons. The van der Waals surface area contributed by atoms with Crippen molar-refractivity contribution in [2.45, 2.75) is 51.1 Å². The molecule has 5 nitrogen and oxygen atoms in total. The predicted octanol–water partition coefficient (Wildman–Crippen LogP) is 4.31. The minimum atomic E-state index is 0.0478. The molecule has 1 amide bonds. The molecule has 2 aromatic heterocycles. The van der Waals surface area contributed by atoms with Crippen molar-refractivity contribution in [2.75, 3.05) is 4.90 Å². The quantitative estimate of drug-likeness (QED) is 0.695. The Labute approximate surface area is 152 Å². The van der Waals surface area contributed by atoms with Gasteiger partial charge in [-0.2, -0.15) is 5.10 Å². The van der Waals surface area contributed by atoms with Crippen molar-refractivity contribution in [3.05, 3.63) is 53.9 Å². The molecule has 0 unspecified atom stereocenters. The molecule has 1 saturated carbocycles. The van der Waals surface area contributed by atoms with Crippen LogP contribution in [-0.4, -0.2) is 26.7 Å². The van der Waals surface area contributed by atoms with Gasteiger partial charge >= 0.3 is 0 Å². The molecule has 2 aliphatic rings. The van der Waals surface area contributed by atoms with Gasteiger partial charge in [0.25, 0.3) is 5.91 Å². The molecule has 2 atom stereocenters. The number of fused-ring (bicyclic) bond motifs is 2. The highest BCUT2D eigenvalue weighted by Gasteiger charge is 2.34. The maximum absolute atomic E-state index is 13.6. The molecule has 1 aliphatic heterocycles. The van der Waals surface area contributed by atoms with Gasteiger partial charge in [0.1, 0.15) is 5.82 Å². The van der Waals surface area contributed by atoms with Crippen molar-refractivity contribution in [1.82, 2.24) is 14.8 Å². The van der Waals surface area contributed by atoms with E-state index in [0.29, 0.717) is 12.0 Å². The first-order valence-corrected chi connectivity index (χ1v) is 9.40. The van der Waals surface area contributed by atoms with Gasteiger partial charge in [0.15, 0.2) is 0 Å². The van der Waals surface area contributed by atoms with Crippen molar-refractivity contribution in [3.8, 4) is 0 Å². The van der Waals surface area contributed by atoms with Crippen molar-refractivity contribution >= 4 is 22.6 Å². The highest BCUT2D eigenvalue weighted by Crippen LogP contribution is 2.41. The molecular formula is C21H22N4O. The number of benzene rings is 1. The topological polar surface area (TPSA) is 51.0 Å². The summed E-state index contributed by atoms with van der Waals surface area (Å²) in [6.45, 7) is 4.28. The summed E-state index contributed by atoms with van der Waals surface area (Å²) in [5, 5.41) is 5.36. The zero-order valence-corrected chi connectivity index (χ0v) is 15.1. The number of hydrogen-bond donors (Lipinski definition) is 0. The van der Waals surface area contributed by atoms with E-state index in [9.17, 15) is 4.79 Å². The average Bonchev–Trinajstić information content (AvgIpc) is 3.38. The Hall–Kier alpha value is -2.69. The molecule has 0 N–H and O–H groups in total. The number of carbonyl (C=O) groups excluding carboxylic acids is 1. The van der Waals surface area contributed by atoms with Gasteiger partial charge in [-0.05, 0) is 45.2 Å². The van der Waals surface area contributed by atoms with E-state index in [1.54, 1.807) is 6.20 Å². The summed E-state index contributed by atoms with van der Waals surface area (Å²) in [7, 11) is 0. The Bertz CT molecular complexity index is 1000. The molecule has 3 aromatic rings. The Kier molecular flexibility index (Phi) is 3.39. The van der Waals surface area contributed by atoms with E-state index in [-0.39, 0.29) is 11.9 Å². The van der Waals surface area contributed by atoms with Gasteiger partial charge in [-0.3, -0.25) is 14.7 Å². The van der Waals surface area contributed by atoms with Gasteiger partial charge in [0.05, 0.1) is 23.3 Å². The summed E-state index contributed by atoms with van der Waals surface area (Å²) in [6.07, 6.45) is 5.02. The summed E-state index contributed by atoms with van der Waals surface area (Å²) < 4.78 is 1.96. The van der Waals surface area contributed by atoms with Crippen LogP contribution in [-0.2, 0) is 0 Å². The number of pyridine rings is 1. The standard InChI is InChI=1S/C21H22N4O/c1-13-11-14(2)25-20(9-10-22-25)24(13)21(26)17-12-19(15-7-8-15)23-18-6-4-3-5-16(17)18/h3-6,9-10,12-15H,7-8,11H2,1-2H3/t13-,14+/m0/s1. The molecule has 0 spiro atoms. The molecule has 5 rings (SSSR count). The van der Waals surface area contributed by atoms with E-state index < -0.39 is 0 Å². The zero-order chi connectivity index (χ0) is 17.8. The zero-order valence-electron chi connectivity index (χ0n) is 15.1. The van der Waals surface area contributed by atoms with Crippen molar-refractivity contribution in [1.29, 1.82) is 0 Å². The highest BCUT2D eigenvalue weighted by molar-refractivity contribution is 6.13. The minimum absolute atomic E-state index is 0.0478. The first-order chi connectivity index (χ1) is 12.6. The predicted molar refractivity (Wildman–Crippen MR) is 102 cm³/mol. The summed E-state index contributed by atoms with van der Waals surface area (Å²) in [6, 6.07) is 12.4. The van der Waals surface area contributed by atoms with Crippen LogP contribution in [0.5, 0.6) is 0 Å². The summed E-state index contributed by atoms with van der Waals surface area (Å²) in [5.41, 5.74) is 2.72. The molecule has 5 heteroatoms. The SMILES string of the molecule is C[C@@H]1C[C@H](C)N(C(=O)c2cc(C3CC3)nc3ccccc23)c2ccnn21. The second-order valence-electron chi connectivity index (χ2n) is 7.63. The first kappa shape index (κ1) is 15.6. The number of amides is 1. The number of anilines is 1.